The summed E-state index contributed by atoms with van der Waals surface area (Å²) in [5.74, 6) is 0.482. The van der Waals surface area contributed by atoms with Crippen molar-refractivity contribution in [2.45, 2.75) is 39.7 Å². The highest BCUT2D eigenvalue weighted by atomic mass is 28.4. The Morgan fingerprint density at radius 1 is 0.914 bits per heavy atom. The Morgan fingerprint density at radius 2 is 1.46 bits per heavy atom. The Kier molecular flexibility index (Phi) is 7.88. The summed E-state index contributed by atoms with van der Waals surface area (Å²) in [6.45, 7) is 11.1. The lowest BCUT2D eigenvalue weighted by atomic mass is 9.88. The molecule has 35 heavy (non-hydrogen) atoms. The van der Waals surface area contributed by atoms with Gasteiger partial charge in [0.2, 0.25) is 0 Å². The van der Waals surface area contributed by atoms with E-state index in [2.05, 4.69) is 74.6 Å². The Hall–Kier alpha value is -3.35. The fourth-order valence-corrected chi connectivity index (χ4v) is 9.00. The average Bonchev–Trinajstić information content (AvgIpc) is 2.80. The van der Waals surface area contributed by atoms with Gasteiger partial charge < -0.3 is 26.0 Å². The van der Waals surface area contributed by atoms with Crippen LogP contribution in [0.2, 0.25) is 5.04 Å². The standard InChI is InChI=1S/C29H37N3O2Si/c1-28(2,3)35(24-15-8-6-9-16-24,25-17-10-7-11-18-25)34-21-29(4,5)26(30)20-27(31)32-22-13-12-14-23(33)19-22/h6-20,30,32-33H,21,31H2,1-5H3/b27-20-,30-26?. The fraction of sp³-hybridized carbons (Fsp3) is 0.276. The van der Waals surface area contributed by atoms with Gasteiger partial charge >= 0.3 is 0 Å². The lowest BCUT2D eigenvalue weighted by Gasteiger charge is -2.44. The minimum atomic E-state index is -2.70. The monoisotopic (exact) mass is 487 g/mol. The third-order valence-electron chi connectivity index (χ3n) is 6.23. The van der Waals surface area contributed by atoms with Gasteiger partial charge in [0.15, 0.2) is 0 Å². The zero-order chi connectivity index (χ0) is 25.7. The van der Waals surface area contributed by atoms with Gasteiger partial charge in [-0.2, -0.15) is 0 Å². The number of phenolic OH excluding ortho intramolecular Hbond substituents is 1. The Balaban J connectivity index is 1.90. The summed E-state index contributed by atoms with van der Waals surface area (Å²) in [5.41, 5.74) is 6.62. The molecule has 0 radical (unpaired) electrons. The fourth-order valence-electron chi connectivity index (χ4n) is 4.27. The molecule has 6 heteroatoms. The number of aromatic hydroxyl groups is 1. The van der Waals surface area contributed by atoms with Crippen molar-refractivity contribution in [1.29, 1.82) is 5.41 Å². The topological polar surface area (TPSA) is 91.4 Å². The van der Waals surface area contributed by atoms with Gasteiger partial charge in [-0.15, -0.1) is 0 Å². The molecule has 0 heterocycles. The molecule has 3 rings (SSSR count). The molecule has 0 aromatic heterocycles. The first kappa shape index (κ1) is 26.3. The molecule has 5 nitrogen and oxygen atoms in total. The Morgan fingerprint density at radius 3 is 1.94 bits per heavy atom. The second-order valence-corrected chi connectivity index (χ2v) is 14.8. The number of phenols is 1. The zero-order valence-electron chi connectivity index (χ0n) is 21.3. The van der Waals surface area contributed by atoms with Crippen molar-refractivity contribution < 1.29 is 9.53 Å². The lowest BCUT2D eigenvalue weighted by molar-refractivity contribution is 0.222. The molecule has 3 aromatic carbocycles. The summed E-state index contributed by atoms with van der Waals surface area (Å²) >= 11 is 0. The average molecular weight is 488 g/mol. The molecule has 0 aliphatic carbocycles. The summed E-state index contributed by atoms with van der Waals surface area (Å²) in [6, 6.07) is 27.7. The van der Waals surface area contributed by atoms with Crippen molar-refractivity contribution in [3.05, 3.63) is 96.8 Å². The van der Waals surface area contributed by atoms with Crippen molar-refractivity contribution in [2.24, 2.45) is 11.1 Å². The Labute approximate surface area is 210 Å². The van der Waals surface area contributed by atoms with Gasteiger partial charge in [0, 0.05) is 29.5 Å². The largest absolute Gasteiger partial charge is 0.508 e. The maximum absolute atomic E-state index is 9.68. The van der Waals surface area contributed by atoms with Crippen LogP contribution in [-0.4, -0.2) is 25.7 Å². The van der Waals surface area contributed by atoms with E-state index in [1.54, 1.807) is 30.3 Å². The van der Waals surface area contributed by atoms with E-state index in [1.165, 1.54) is 10.4 Å². The van der Waals surface area contributed by atoms with E-state index in [0.717, 1.165) is 0 Å². The second-order valence-electron chi connectivity index (χ2n) is 10.5. The van der Waals surface area contributed by atoms with Gasteiger partial charge in [-0.1, -0.05) is 101 Å². The highest BCUT2D eigenvalue weighted by Gasteiger charge is 2.50. The molecule has 0 aliphatic rings. The molecule has 0 bridgehead atoms. The van der Waals surface area contributed by atoms with Crippen molar-refractivity contribution >= 4 is 30.1 Å². The predicted octanol–water partition coefficient (Wildman–Crippen LogP) is 5.23. The van der Waals surface area contributed by atoms with Crippen LogP contribution in [0.15, 0.2) is 96.8 Å². The first-order valence-corrected chi connectivity index (χ1v) is 13.7. The van der Waals surface area contributed by atoms with Crippen molar-refractivity contribution in [3.8, 4) is 5.75 Å². The molecule has 184 valence electrons. The summed E-state index contributed by atoms with van der Waals surface area (Å²) in [4.78, 5) is 0. The Bertz CT molecular complexity index is 1130. The first-order chi connectivity index (χ1) is 16.5. The zero-order valence-corrected chi connectivity index (χ0v) is 22.3. The third-order valence-corrected chi connectivity index (χ3v) is 11.2. The molecule has 0 saturated heterocycles. The van der Waals surface area contributed by atoms with E-state index < -0.39 is 13.7 Å². The van der Waals surface area contributed by atoms with E-state index in [9.17, 15) is 5.11 Å². The maximum Gasteiger partial charge on any atom is 0.261 e. The number of nitrogens with one attached hydrogen (secondary N) is 2. The molecular formula is C29H37N3O2Si. The van der Waals surface area contributed by atoms with E-state index in [1.807, 2.05) is 26.0 Å². The highest BCUT2D eigenvalue weighted by Crippen LogP contribution is 2.38. The number of hydrogen-bond acceptors (Lipinski definition) is 5. The van der Waals surface area contributed by atoms with Crippen LogP contribution in [0.3, 0.4) is 0 Å². The number of rotatable bonds is 9. The molecule has 0 saturated carbocycles. The van der Waals surface area contributed by atoms with Gasteiger partial charge in [0.25, 0.3) is 8.32 Å². The van der Waals surface area contributed by atoms with Gasteiger partial charge in [-0.3, -0.25) is 0 Å². The first-order valence-electron chi connectivity index (χ1n) is 11.8. The normalized spacial score (nSPS) is 12.9. The van der Waals surface area contributed by atoms with Crippen molar-refractivity contribution in [3.63, 3.8) is 0 Å². The van der Waals surface area contributed by atoms with Gasteiger partial charge in [-0.25, -0.2) is 0 Å². The van der Waals surface area contributed by atoms with Crippen LogP contribution < -0.4 is 21.4 Å². The molecule has 0 amide bonds. The quantitative estimate of drug-likeness (QED) is 0.246. The number of hydrogen-bond donors (Lipinski definition) is 4. The molecule has 0 spiro atoms. The maximum atomic E-state index is 9.68. The number of benzene rings is 3. The van der Waals surface area contributed by atoms with Crippen LogP contribution >= 0.6 is 0 Å². The van der Waals surface area contributed by atoms with E-state index in [0.29, 0.717) is 23.8 Å². The predicted molar refractivity (Wildman–Crippen MR) is 149 cm³/mol. The van der Waals surface area contributed by atoms with Crippen LogP contribution in [0, 0.1) is 10.8 Å². The molecule has 0 fully saturated rings. The lowest BCUT2D eigenvalue weighted by Crippen LogP contribution is -2.67. The summed E-state index contributed by atoms with van der Waals surface area (Å²) < 4.78 is 7.04. The number of anilines is 1. The molecule has 0 unspecified atom stereocenters. The van der Waals surface area contributed by atoms with Crippen LogP contribution in [-0.2, 0) is 4.43 Å². The van der Waals surface area contributed by atoms with Crippen molar-refractivity contribution in [2.75, 3.05) is 11.9 Å². The van der Waals surface area contributed by atoms with Gasteiger partial charge in [0.1, 0.15) is 11.6 Å². The van der Waals surface area contributed by atoms with Crippen LogP contribution in [0.1, 0.15) is 34.6 Å². The van der Waals surface area contributed by atoms with Crippen LogP contribution in [0.5, 0.6) is 5.75 Å². The molecular weight excluding hydrogens is 450 g/mol. The molecule has 0 aliphatic heterocycles. The minimum absolute atomic E-state index is 0.139. The van der Waals surface area contributed by atoms with E-state index in [4.69, 9.17) is 15.6 Å². The summed E-state index contributed by atoms with van der Waals surface area (Å²) in [5, 5.41) is 23.8. The molecule has 5 N–H and O–H groups in total. The highest BCUT2D eigenvalue weighted by molar-refractivity contribution is 6.99. The summed E-state index contributed by atoms with van der Waals surface area (Å²) in [6.07, 6.45) is 1.62. The molecule has 0 atom stereocenters. The minimum Gasteiger partial charge on any atom is -0.508 e. The number of allylic oxidation sites excluding steroid dienone is 1. The second kappa shape index (κ2) is 10.5. The SMILES string of the molecule is CC(C)(CO[Si](c1ccccc1)(c1ccccc1)C(C)(C)C)C(=N)/C=C(/N)Nc1cccc(O)c1. The van der Waals surface area contributed by atoms with Crippen LogP contribution in [0.25, 0.3) is 0 Å². The van der Waals surface area contributed by atoms with Gasteiger partial charge in [-0.05, 0) is 33.6 Å². The van der Waals surface area contributed by atoms with Gasteiger partial charge in [0.05, 0.1) is 0 Å². The number of nitrogens with two attached hydrogens (primary N) is 1. The van der Waals surface area contributed by atoms with E-state index >= 15 is 0 Å². The smallest absolute Gasteiger partial charge is 0.261 e. The van der Waals surface area contributed by atoms with Crippen molar-refractivity contribution in [1.82, 2.24) is 0 Å². The summed E-state index contributed by atoms with van der Waals surface area (Å²) in [7, 11) is -2.70. The third kappa shape index (κ3) is 6.02. The van der Waals surface area contributed by atoms with E-state index in [-0.39, 0.29) is 10.8 Å². The van der Waals surface area contributed by atoms with Crippen LogP contribution in [0.4, 0.5) is 5.69 Å². The molecule has 3 aromatic rings.